The van der Waals surface area contributed by atoms with Gasteiger partial charge in [0.05, 0.1) is 0 Å². The minimum absolute atomic E-state index is 0.662. The molecule has 0 radical (unpaired) electrons. The molecule has 4 bridgehead atoms. The van der Waals surface area contributed by atoms with Crippen molar-refractivity contribution in [3.63, 3.8) is 0 Å². The van der Waals surface area contributed by atoms with Gasteiger partial charge in [-0.2, -0.15) is 0 Å². The smallest absolute Gasteiger partial charge is 0.0625 e. The van der Waals surface area contributed by atoms with Gasteiger partial charge < -0.3 is 0 Å². The van der Waals surface area contributed by atoms with Crippen LogP contribution in [0.15, 0.2) is 0 Å². The quantitative estimate of drug-likeness (QED) is 0.523. The summed E-state index contributed by atoms with van der Waals surface area (Å²) in [5, 5.41) is 0. The van der Waals surface area contributed by atoms with E-state index in [-0.39, 0.29) is 0 Å². The van der Waals surface area contributed by atoms with E-state index in [1.165, 1.54) is 0 Å². The van der Waals surface area contributed by atoms with E-state index in [9.17, 15) is 0 Å². The van der Waals surface area contributed by atoms with E-state index in [1.54, 1.807) is 51.4 Å². The molecule has 3 saturated carbocycles. The fourth-order valence-corrected chi connectivity index (χ4v) is 7.69. The van der Waals surface area contributed by atoms with Gasteiger partial charge in [-0.15, -0.1) is 0 Å². The van der Waals surface area contributed by atoms with Crippen LogP contribution in [-0.2, 0) is 0 Å². The van der Waals surface area contributed by atoms with Gasteiger partial charge in [0.25, 0.3) is 0 Å². The Hall–Kier alpha value is 0.0649. The highest BCUT2D eigenvalue weighted by Crippen LogP contribution is 2.69. The molecule has 3 aliphatic carbocycles. The maximum absolute atomic E-state index is 2.58. The molecule has 2 heterocycles. The van der Waals surface area contributed by atoms with E-state index in [1.807, 2.05) is 0 Å². The van der Waals surface area contributed by atoms with Crippen LogP contribution in [0.1, 0.15) is 79.1 Å². The monoisotopic (exact) mass is 286 g/mol. The van der Waals surface area contributed by atoms with Gasteiger partial charge in [0.1, 0.15) is 6.71 Å². The Labute approximate surface area is 132 Å². The van der Waals surface area contributed by atoms with Crippen molar-refractivity contribution in [1.29, 1.82) is 0 Å². The highest BCUT2D eigenvalue weighted by Gasteiger charge is 2.61. The third-order valence-corrected chi connectivity index (χ3v) is 8.71. The van der Waals surface area contributed by atoms with Gasteiger partial charge in [-0.05, 0) is 35.5 Å². The molecule has 0 aromatic carbocycles. The van der Waals surface area contributed by atoms with Gasteiger partial charge >= 0.3 is 0 Å². The third kappa shape index (κ3) is 2.08. The molecule has 0 N–H and O–H groups in total. The Balaban J connectivity index is 1.62. The summed E-state index contributed by atoms with van der Waals surface area (Å²) >= 11 is 0. The lowest BCUT2D eigenvalue weighted by Crippen LogP contribution is -2.59. The summed E-state index contributed by atoms with van der Waals surface area (Å²) in [5.74, 6) is 7.37. The number of rotatable bonds is 2. The van der Waals surface area contributed by atoms with Crippen LogP contribution in [-0.4, -0.2) is 6.71 Å². The molecule has 0 amide bonds. The Morgan fingerprint density at radius 3 is 1.95 bits per heavy atom. The Kier molecular flexibility index (Phi) is 3.51. The van der Waals surface area contributed by atoms with Gasteiger partial charge in [0, 0.05) is 0 Å². The lowest BCUT2D eigenvalue weighted by molar-refractivity contribution is -0.118. The lowest BCUT2D eigenvalue weighted by atomic mass is 9.17. The van der Waals surface area contributed by atoms with E-state index in [2.05, 4.69) is 27.7 Å². The molecule has 0 nitrogen and oxygen atoms in total. The first-order valence-electron chi connectivity index (χ1n) is 10.00. The fourth-order valence-electron chi connectivity index (χ4n) is 7.69. The van der Waals surface area contributed by atoms with Crippen molar-refractivity contribution in [2.45, 2.75) is 96.5 Å². The summed E-state index contributed by atoms with van der Waals surface area (Å²) in [6, 6.07) is 0. The van der Waals surface area contributed by atoms with Crippen LogP contribution in [0.5, 0.6) is 0 Å². The first-order chi connectivity index (χ1) is 10.00. The molecular formula is C20H35B. The zero-order valence-electron chi connectivity index (χ0n) is 14.8. The van der Waals surface area contributed by atoms with Gasteiger partial charge in [-0.3, -0.25) is 0 Å². The van der Waals surface area contributed by atoms with Gasteiger partial charge in [0.15, 0.2) is 0 Å². The summed E-state index contributed by atoms with van der Waals surface area (Å²) in [5.41, 5.74) is 0.662. The maximum Gasteiger partial charge on any atom is 0.149 e. The number of hydrogen-bond donors (Lipinski definition) is 0. The minimum atomic E-state index is 0.662. The predicted molar refractivity (Wildman–Crippen MR) is 93.0 cm³/mol. The average molecular weight is 286 g/mol. The van der Waals surface area contributed by atoms with E-state index >= 15 is 0 Å². The van der Waals surface area contributed by atoms with Crippen molar-refractivity contribution < 1.29 is 0 Å². The summed E-state index contributed by atoms with van der Waals surface area (Å²) in [6.45, 7) is 11.4. The molecule has 5 fully saturated rings. The van der Waals surface area contributed by atoms with Crippen LogP contribution < -0.4 is 0 Å². The number of fused-ring (bicyclic) bond motifs is 5. The Bertz CT molecular complexity index is 375. The van der Waals surface area contributed by atoms with Gasteiger partial charge in [-0.25, -0.2) is 0 Å². The molecule has 1 heteroatoms. The summed E-state index contributed by atoms with van der Waals surface area (Å²) in [4.78, 5) is 0. The van der Waals surface area contributed by atoms with Crippen LogP contribution >= 0.6 is 0 Å². The van der Waals surface area contributed by atoms with Crippen molar-refractivity contribution in [3.8, 4) is 0 Å². The first kappa shape index (κ1) is 14.6. The van der Waals surface area contributed by atoms with Crippen molar-refractivity contribution in [2.24, 2.45) is 29.1 Å². The molecule has 5 aliphatic rings. The van der Waals surface area contributed by atoms with Crippen LogP contribution in [0.3, 0.4) is 0 Å². The van der Waals surface area contributed by atoms with Crippen LogP contribution in [0.25, 0.3) is 0 Å². The van der Waals surface area contributed by atoms with E-state index in [0.29, 0.717) is 5.41 Å². The van der Waals surface area contributed by atoms with Crippen molar-refractivity contribution >= 4 is 6.71 Å². The lowest BCUT2D eigenvalue weighted by Gasteiger charge is -2.66. The molecule has 0 unspecified atom stereocenters. The minimum Gasteiger partial charge on any atom is -0.0625 e. The first-order valence-corrected chi connectivity index (χ1v) is 10.00. The largest absolute Gasteiger partial charge is 0.149 e. The molecule has 2 saturated heterocycles. The summed E-state index contributed by atoms with van der Waals surface area (Å²) in [6.07, 6.45) is 12.5. The Morgan fingerprint density at radius 1 is 0.905 bits per heavy atom. The second-order valence-electron chi connectivity index (χ2n) is 10.0. The average Bonchev–Trinajstić information content (AvgIpc) is 2.45. The predicted octanol–water partition coefficient (Wildman–Crippen LogP) is 6.30. The second kappa shape index (κ2) is 5.03. The van der Waals surface area contributed by atoms with Gasteiger partial charge in [-0.1, -0.05) is 90.1 Å². The molecule has 21 heavy (non-hydrogen) atoms. The highest BCUT2D eigenvalue weighted by atomic mass is 14.6. The summed E-state index contributed by atoms with van der Waals surface area (Å²) < 4.78 is 0. The molecule has 5 rings (SSSR count). The SMILES string of the molecule is CC(C)[C@@H]1[C@H]2C[C@@H](C[C@H]1B1C3CCCC1CCC3)C2(C)C. The highest BCUT2D eigenvalue weighted by molar-refractivity contribution is 6.64. The molecule has 0 spiro atoms. The molecule has 0 aromatic rings. The third-order valence-electron chi connectivity index (χ3n) is 8.71. The zero-order chi connectivity index (χ0) is 14.8. The van der Waals surface area contributed by atoms with Crippen molar-refractivity contribution in [2.75, 3.05) is 0 Å². The Morgan fingerprint density at radius 2 is 1.48 bits per heavy atom. The summed E-state index contributed by atoms with van der Waals surface area (Å²) in [7, 11) is 0. The molecule has 0 aromatic heterocycles. The van der Waals surface area contributed by atoms with Crippen LogP contribution in [0.2, 0.25) is 17.5 Å². The molecule has 2 aliphatic heterocycles. The van der Waals surface area contributed by atoms with E-state index in [0.717, 1.165) is 47.8 Å². The standard InChI is InChI=1S/C20H35B/c1-13(2)19-17-11-14(20(17,3)4)12-18(19)21-15-7-5-8-16(21)10-6-9-15/h13-19H,5-12H2,1-4H3/t14-,15?,16?,17+,18+,19+/m0/s1. The second-order valence-corrected chi connectivity index (χ2v) is 10.0. The van der Waals surface area contributed by atoms with E-state index in [4.69, 9.17) is 0 Å². The topological polar surface area (TPSA) is 0 Å². The van der Waals surface area contributed by atoms with Crippen molar-refractivity contribution in [3.05, 3.63) is 0 Å². The molecule has 118 valence electrons. The van der Waals surface area contributed by atoms with E-state index < -0.39 is 0 Å². The van der Waals surface area contributed by atoms with Crippen LogP contribution in [0.4, 0.5) is 0 Å². The maximum atomic E-state index is 2.58. The molecule has 4 atom stereocenters. The molecular weight excluding hydrogens is 251 g/mol. The normalized spacial score (nSPS) is 48.1. The number of hydrogen-bond acceptors (Lipinski definition) is 0. The zero-order valence-corrected chi connectivity index (χ0v) is 14.8. The van der Waals surface area contributed by atoms with Crippen LogP contribution in [0, 0.1) is 29.1 Å². The fraction of sp³-hybridized carbons (Fsp3) is 1.00. The van der Waals surface area contributed by atoms with Gasteiger partial charge in [0.2, 0.25) is 0 Å². The van der Waals surface area contributed by atoms with Crippen molar-refractivity contribution in [1.82, 2.24) is 0 Å².